The Morgan fingerprint density at radius 1 is 1.71 bits per heavy atom. The van der Waals surface area contributed by atoms with Crippen LogP contribution in [-0.2, 0) is 19.7 Å². The molecule has 0 saturated heterocycles. The Bertz CT molecular complexity index is 428. The molecule has 2 rings (SSSR count). The molecule has 1 aliphatic rings. The van der Waals surface area contributed by atoms with Gasteiger partial charge in [0, 0.05) is 12.6 Å². The van der Waals surface area contributed by atoms with Gasteiger partial charge in [-0.25, -0.2) is 0 Å². The average molecular weight is 239 g/mol. The van der Waals surface area contributed by atoms with Gasteiger partial charge >= 0.3 is 0 Å². The normalized spacial score (nSPS) is 21.5. The molecule has 2 heterocycles. The highest BCUT2D eigenvalue weighted by Crippen LogP contribution is 2.17. The Morgan fingerprint density at radius 2 is 2.47 bits per heavy atom. The predicted molar refractivity (Wildman–Crippen MR) is 61.4 cm³/mol. The van der Waals surface area contributed by atoms with Gasteiger partial charge in [0.05, 0.1) is 31.1 Å². The number of rotatable bonds is 3. The lowest BCUT2D eigenvalue weighted by atomic mass is 10.2. The second-order valence-electron chi connectivity index (χ2n) is 4.31. The topological polar surface area (TPSA) is 99.9 Å². The van der Waals surface area contributed by atoms with E-state index >= 15 is 0 Å². The fraction of sp³-hybridized carbons (Fsp3) is 0.600. The van der Waals surface area contributed by atoms with E-state index in [0.29, 0.717) is 18.8 Å². The first-order valence-corrected chi connectivity index (χ1v) is 5.51. The third-order valence-electron chi connectivity index (χ3n) is 3.00. The molecule has 0 fully saturated rings. The third kappa shape index (κ3) is 2.40. The lowest BCUT2D eigenvalue weighted by Crippen LogP contribution is -2.45. The van der Waals surface area contributed by atoms with Gasteiger partial charge in [-0.05, 0) is 13.0 Å². The molecule has 1 aromatic heterocycles. The lowest BCUT2D eigenvalue weighted by molar-refractivity contribution is 0.165. The van der Waals surface area contributed by atoms with Crippen molar-refractivity contribution in [3.8, 4) is 0 Å². The first-order chi connectivity index (χ1) is 8.13. The number of hydrogen-bond donors (Lipinski definition) is 3. The lowest BCUT2D eigenvalue weighted by Gasteiger charge is -2.33. The Hall–Kier alpha value is -1.60. The standard InChI is InChI=1S/C10H17N5O2/c1-7-3-15-9(2-8(6-16)12-15)4-14(7)5-10(11)13-17/h2,7,16-17H,3-6H2,1H3,(H2,11,13)/t7-/m1/s1. The number of amidine groups is 1. The van der Waals surface area contributed by atoms with E-state index in [1.807, 2.05) is 10.7 Å². The molecule has 94 valence electrons. The molecule has 0 aromatic carbocycles. The predicted octanol–water partition coefficient (Wildman–Crippen LogP) is -0.674. The van der Waals surface area contributed by atoms with Crippen molar-refractivity contribution in [2.75, 3.05) is 6.54 Å². The van der Waals surface area contributed by atoms with Crippen LogP contribution in [0.1, 0.15) is 18.3 Å². The monoisotopic (exact) mass is 239 g/mol. The molecule has 0 spiro atoms. The van der Waals surface area contributed by atoms with Crippen molar-refractivity contribution in [1.82, 2.24) is 14.7 Å². The van der Waals surface area contributed by atoms with Crippen LogP contribution < -0.4 is 5.73 Å². The van der Waals surface area contributed by atoms with Crippen LogP contribution in [0.5, 0.6) is 0 Å². The van der Waals surface area contributed by atoms with E-state index in [4.69, 9.17) is 16.0 Å². The summed E-state index contributed by atoms with van der Waals surface area (Å²) in [6.45, 7) is 3.87. The van der Waals surface area contributed by atoms with Gasteiger partial charge in [-0.1, -0.05) is 5.16 Å². The molecule has 7 heteroatoms. The molecule has 0 radical (unpaired) electrons. The smallest absolute Gasteiger partial charge is 0.153 e. The number of aliphatic hydroxyl groups is 1. The van der Waals surface area contributed by atoms with Crippen molar-refractivity contribution in [3.05, 3.63) is 17.5 Å². The molecule has 0 unspecified atom stereocenters. The van der Waals surface area contributed by atoms with Gasteiger partial charge < -0.3 is 16.0 Å². The average Bonchev–Trinajstić information content (AvgIpc) is 2.71. The van der Waals surface area contributed by atoms with Crippen molar-refractivity contribution < 1.29 is 10.3 Å². The molecular formula is C10H17N5O2. The molecule has 0 saturated carbocycles. The van der Waals surface area contributed by atoms with Gasteiger partial charge in [0.15, 0.2) is 5.84 Å². The van der Waals surface area contributed by atoms with Crippen LogP contribution in [0.25, 0.3) is 0 Å². The van der Waals surface area contributed by atoms with Gasteiger partial charge in [-0.15, -0.1) is 0 Å². The molecule has 1 atom stereocenters. The first kappa shape index (κ1) is 11.9. The van der Waals surface area contributed by atoms with Gasteiger partial charge in [-0.2, -0.15) is 5.10 Å². The second kappa shape index (κ2) is 4.72. The largest absolute Gasteiger partial charge is 0.409 e. The van der Waals surface area contributed by atoms with Crippen molar-refractivity contribution in [3.63, 3.8) is 0 Å². The highest BCUT2D eigenvalue weighted by atomic mass is 16.4. The number of aromatic nitrogens is 2. The highest BCUT2D eigenvalue weighted by molar-refractivity contribution is 5.81. The number of fused-ring (bicyclic) bond motifs is 1. The molecule has 0 bridgehead atoms. The summed E-state index contributed by atoms with van der Waals surface area (Å²) in [5, 5.41) is 24.9. The fourth-order valence-electron chi connectivity index (χ4n) is 2.06. The van der Waals surface area contributed by atoms with Crippen LogP contribution in [0.15, 0.2) is 11.2 Å². The number of oxime groups is 1. The zero-order valence-electron chi connectivity index (χ0n) is 9.74. The summed E-state index contributed by atoms with van der Waals surface area (Å²) >= 11 is 0. The summed E-state index contributed by atoms with van der Waals surface area (Å²) in [6, 6.07) is 2.14. The highest BCUT2D eigenvalue weighted by Gasteiger charge is 2.24. The van der Waals surface area contributed by atoms with Gasteiger partial charge in [0.2, 0.25) is 0 Å². The van der Waals surface area contributed by atoms with E-state index in [9.17, 15) is 0 Å². The summed E-state index contributed by atoms with van der Waals surface area (Å²) in [7, 11) is 0. The number of nitrogens with two attached hydrogens (primary N) is 1. The van der Waals surface area contributed by atoms with E-state index in [0.717, 1.165) is 12.2 Å². The Kier molecular flexibility index (Phi) is 3.30. The fourth-order valence-corrected chi connectivity index (χ4v) is 2.06. The molecule has 0 aliphatic carbocycles. The summed E-state index contributed by atoms with van der Waals surface area (Å²) in [5.74, 6) is 0.201. The summed E-state index contributed by atoms with van der Waals surface area (Å²) in [6.07, 6.45) is 0. The van der Waals surface area contributed by atoms with Crippen molar-refractivity contribution >= 4 is 5.84 Å². The van der Waals surface area contributed by atoms with E-state index in [1.165, 1.54) is 0 Å². The molecule has 1 aromatic rings. The second-order valence-corrected chi connectivity index (χ2v) is 4.31. The summed E-state index contributed by atoms with van der Waals surface area (Å²) < 4.78 is 1.90. The zero-order chi connectivity index (χ0) is 12.4. The van der Waals surface area contributed by atoms with Crippen LogP contribution >= 0.6 is 0 Å². The minimum atomic E-state index is -0.0470. The van der Waals surface area contributed by atoms with Crippen LogP contribution in [0.3, 0.4) is 0 Å². The van der Waals surface area contributed by atoms with Gasteiger partial charge in [0.25, 0.3) is 0 Å². The minimum Gasteiger partial charge on any atom is -0.409 e. The van der Waals surface area contributed by atoms with E-state index in [-0.39, 0.29) is 18.5 Å². The van der Waals surface area contributed by atoms with Gasteiger partial charge in [-0.3, -0.25) is 9.58 Å². The summed E-state index contributed by atoms with van der Waals surface area (Å²) in [4.78, 5) is 2.10. The number of nitrogens with zero attached hydrogens (tertiary/aromatic N) is 4. The van der Waals surface area contributed by atoms with Crippen LogP contribution in [0, 0.1) is 0 Å². The molecule has 0 amide bonds. The van der Waals surface area contributed by atoms with Crippen LogP contribution in [0.4, 0.5) is 0 Å². The maximum Gasteiger partial charge on any atom is 0.153 e. The Morgan fingerprint density at radius 3 is 3.12 bits per heavy atom. The van der Waals surface area contributed by atoms with Crippen molar-refractivity contribution in [1.29, 1.82) is 0 Å². The van der Waals surface area contributed by atoms with Gasteiger partial charge in [0.1, 0.15) is 0 Å². The molecule has 4 N–H and O–H groups in total. The molecule has 17 heavy (non-hydrogen) atoms. The van der Waals surface area contributed by atoms with Crippen LogP contribution in [0.2, 0.25) is 0 Å². The Labute approximate surface area is 99.1 Å². The first-order valence-electron chi connectivity index (χ1n) is 5.51. The SMILES string of the molecule is C[C@@H]1Cn2nc(CO)cc2CN1CC(N)=NO. The minimum absolute atomic E-state index is 0.0470. The number of aliphatic hydroxyl groups excluding tert-OH is 1. The summed E-state index contributed by atoms with van der Waals surface area (Å²) in [5.41, 5.74) is 7.23. The van der Waals surface area contributed by atoms with E-state index < -0.39 is 0 Å². The maximum atomic E-state index is 9.04. The van der Waals surface area contributed by atoms with E-state index in [2.05, 4.69) is 22.1 Å². The maximum absolute atomic E-state index is 9.04. The molecule has 7 nitrogen and oxygen atoms in total. The zero-order valence-corrected chi connectivity index (χ0v) is 9.74. The molecule has 1 aliphatic heterocycles. The Balaban J connectivity index is 2.14. The van der Waals surface area contributed by atoms with Crippen LogP contribution in [-0.4, -0.2) is 43.4 Å². The number of hydrogen-bond acceptors (Lipinski definition) is 5. The third-order valence-corrected chi connectivity index (χ3v) is 3.00. The van der Waals surface area contributed by atoms with E-state index in [1.54, 1.807) is 0 Å². The quantitative estimate of drug-likeness (QED) is 0.281. The van der Waals surface area contributed by atoms with Crippen molar-refractivity contribution in [2.24, 2.45) is 10.9 Å². The van der Waals surface area contributed by atoms with Crippen molar-refractivity contribution in [2.45, 2.75) is 32.7 Å². The molecular weight excluding hydrogens is 222 g/mol.